The number of ether oxygens (including phenoxy) is 1. The van der Waals surface area contributed by atoms with Gasteiger partial charge in [-0.15, -0.1) is 0 Å². The molecule has 0 radical (unpaired) electrons. The minimum absolute atomic E-state index is 0.0279. The van der Waals surface area contributed by atoms with E-state index in [1.807, 2.05) is 19.9 Å². The Morgan fingerprint density at radius 2 is 1.70 bits per heavy atom. The molecule has 6 heteroatoms. The molecule has 1 heterocycles. The third-order valence-corrected chi connectivity index (χ3v) is 12.2. The first-order valence-electron chi connectivity index (χ1n) is 14.2. The van der Waals surface area contributed by atoms with Gasteiger partial charge in [0.1, 0.15) is 0 Å². The second kappa shape index (κ2) is 8.17. The van der Waals surface area contributed by atoms with Gasteiger partial charge < -0.3 is 14.8 Å². The first-order chi connectivity index (χ1) is 17.2. The van der Waals surface area contributed by atoms with Crippen molar-refractivity contribution in [2.24, 2.45) is 50.7 Å². The van der Waals surface area contributed by atoms with Crippen molar-refractivity contribution in [3.05, 3.63) is 23.2 Å². The maximum atomic E-state index is 13.7. The predicted molar refractivity (Wildman–Crippen MR) is 141 cm³/mol. The maximum Gasteiger partial charge on any atom is 0.312 e. The molecule has 0 bridgehead atoms. The van der Waals surface area contributed by atoms with Gasteiger partial charge in [0, 0.05) is 17.9 Å². The van der Waals surface area contributed by atoms with Gasteiger partial charge in [-0.1, -0.05) is 47.6 Å². The van der Waals surface area contributed by atoms with E-state index in [4.69, 9.17) is 11.3 Å². The average Bonchev–Trinajstić information content (AvgIpc) is 2.95. The number of methoxy groups -OCH3 is 1. The van der Waals surface area contributed by atoms with Crippen LogP contribution in [0.2, 0.25) is 0 Å². The zero-order chi connectivity index (χ0) is 27.2. The number of fused-ring (bicyclic) bond motifs is 7. The summed E-state index contributed by atoms with van der Waals surface area (Å²) in [6.07, 6.45) is 8.56. The van der Waals surface area contributed by atoms with E-state index in [0.717, 1.165) is 44.9 Å². The summed E-state index contributed by atoms with van der Waals surface area (Å²) in [5, 5.41) is 3.48. The van der Waals surface area contributed by atoms with Crippen molar-refractivity contribution >= 4 is 17.7 Å². The summed E-state index contributed by atoms with van der Waals surface area (Å²) >= 11 is 0. The smallest absolute Gasteiger partial charge is 0.312 e. The molecular weight excluding hydrogens is 464 g/mol. The summed E-state index contributed by atoms with van der Waals surface area (Å²) in [5.74, 6) is 0.276. The summed E-state index contributed by atoms with van der Waals surface area (Å²) < 4.78 is 5.41. The Bertz CT molecular complexity index is 1110. The van der Waals surface area contributed by atoms with Crippen LogP contribution in [0.25, 0.3) is 4.85 Å². The van der Waals surface area contributed by atoms with Crippen LogP contribution in [0.15, 0.2) is 11.8 Å². The molecule has 1 N–H and O–H groups in total. The largest absolute Gasteiger partial charge is 0.469 e. The fourth-order valence-corrected chi connectivity index (χ4v) is 10.3. The van der Waals surface area contributed by atoms with Crippen molar-refractivity contribution in [1.29, 1.82) is 0 Å². The van der Waals surface area contributed by atoms with Crippen molar-refractivity contribution in [3.63, 3.8) is 0 Å². The van der Waals surface area contributed by atoms with Crippen molar-refractivity contribution < 1.29 is 19.1 Å². The molecule has 1 aliphatic heterocycles. The fourth-order valence-electron chi connectivity index (χ4n) is 10.3. The normalized spacial score (nSPS) is 45.9. The van der Waals surface area contributed by atoms with E-state index >= 15 is 0 Å². The molecule has 0 spiro atoms. The molecule has 0 aromatic carbocycles. The fraction of sp³-hybridized carbons (Fsp3) is 0.806. The van der Waals surface area contributed by atoms with E-state index in [0.29, 0.717) is 6.42 Å². The van der Waals surface area contributed by atoms with Crippen LogP contribution in [0.5, 0.6) is 0 Å². The van der Waals surface area contributed by atoms with E-state index in [-0.39, 0.29) is 63.9 Å². The standard InChI is InChI=1S/C31H44N2O4/c1-27(2)13-14-31(26(36)37-8)12-9-18-24(19(31)16-27)33-23(34)15-22-29(18,5)11-10-21-28(3,4)25(35)20(32-7)17-30(21,22)6/h17-19,21-22,24H,9-16H2,1-6,8H3,(H,33,34)/t18-,19+,21+,22+,24+,29+,30+,31?/m1/s1. The summed E-state index contributed by atoms with van der Waals surface area (Å²) in [6.45, 7) is 20.9. The number of esters is 1. The molecule has 1 amide bonds. The predicted octanol–water partition coefficient (Wildman–Crippen LogP) is 5.72. The van der Waals surface area contributed by atoms with Gasteiger partial charge in [-0.2, -0.15) is 0 Å². The molecule has 0 aromatic heterocycles. The van der Waals surface area contributed by atoms with Crippen molar-refractivity contribution in [3.8, 4) is 0 Å². The Morgan fingerprint density at radius 1 is 1.00 bits per heavy atom. The number of nitrogens with zero attached hydrogens (tertiary/aromatic N) is 1. The lowest BCUT2D eigenvalue weighted by atomic mass is 9.40. The summed E-state index contributed by atoms with van der Waals surface area (Å²) in [4.78, 5) is 44.0. The Kier molecular flexibility index (Phi) is 5.84. The number of ketones is 1. The molecule has 5 aliphatic rings. The number of rotatable bonds is 1. The van der Waals surface area contributed by atoms with Gasteiger partial charge in [0.2, 0.25) is 11.6 Å². The van der Waals surface area contributed by atoms with Gasteiger partial charge >= 0.3 is 5.97 Å². The van der Waals surface area contributed by atoms with Crippen LogP contribution in [0.1, 0.15) is 92.9 Å². The highest BCUT2D eigenvalue weighted by Crippen LogP contribution is 2.69. The highest BCUT2D eigenvalue weighted by atomic mass is 16.5. The van der Waals surface area contributed by atoms with E-state index in [2.05, 4.69) is 37.9 Å². The Hall–Kier alpha value is -2.16. The number of Topliss-reactive ketones (excluding diaryl/α,β-unsaturated/α-hetero) is 1. The van der Waals surface area contributed by atoms with Crippen LogP contribution < -0.4 is 5.32 Å². The number of hydrogen-bond acceptors (Lipinski definition) is 4. The lowest BCUT2D eigenvalue weighted by molar-refractivity contribution is -0.176. The average molecular weight is 509 g/mol. The number of carbonyl (C=O) groups is 3. The highest BCUT2D eigenvalue weighted by molar-refractivity contribution is 6.02. The van der Waals surface area contributed by atoms with Gasteiger partial charge in [0.25, 0.3) is 0 Å². The lowest BCUT2D eigenvalue weighted by Crippen LogP contribution is -2.63. The third kappa shape index (κ3) is 3.51. The van der Waals surface area contributed by atoms with E-state index in [1.165, 1.54) is 7.11 Å². The van der Waals surface area contributed by atoms with Gasteiger partial charge in [-0.05, 0) is 84.9 Å². The molecule has 5 rings (SSSR count). The SMILES string of the molecule is [C-]#[N+]C1=C[C@]2(C)[C@H]3CC(=O)N[C@H]4[C@@H](CCC5(C(=O)OC)CCC(C)(C)C[C@@H]45)[C@]3(C)CC[C@H]2C(C)(C)C1=O. The molecule has 1 saturated heterocycles. The highest BCUT2D eigenvalue weighted by Gasteiger charge is 2.67. The van der Waals surface area contributed by atoms with Gasteiger partial charge in [0.15, 0.2) is 5.78 Å². The first kappa shape index (κ1) is 26.4. The van der Waals surface area contributed by atoms with Crippen molar-refractivity contribution in [1.82, 2.24) is 5.32 Å². The number of carbonyl (C=O) groups excluding carboxylic acids is 3. The lowest BCUT2D eigenvalue weighted by Gasteiger charge is -2.64. The number of amides is 1. The Balaban J connectivity index is 1.62. The minimum atomic E-state index is -0.632. The van der Waals surface area contributed by atoms with Crippen LogP contribution in [-0.2, 0) is 19.1 Å². The Labute approximate surface area is 222 Å². The van der Waals surface area contributed by atoms with Gasteiger partial charge in [-0.25, -0.2) is 4.85 Å². The summed E-state index contributed by atoms with van der Waals surface area (Å²) in [5.41, 5.74) is -1.39. The van der Waals surface area contributed by atoms with E-state index in [9.17, 15) is 14.4 Å². The minimum Gasteiger partial charge on any atom is -0.469 e. The van der Waals surface area contributed by atoms with Crippen LogP contribution in [-0.4, -0.2) is 30.8 Å². The molecule has 37 heavy (non-hydrogen) atoms. The van der Waals surface area contributed by atoms with Gasteiger partial charge in [0.05, 0.1) is 19.1 Å². The zero-order valence-corrected chi connectivity index (χ0v) is 23.7. The maximum absolute atomic E-state index is 13.7. The van der Waals surface area contributed by atoms with Crippen LogP contribution in [0.3, 0.4) is 0 Å². The van der Waals surface area contributed by atoms with E-state index in [1.54, 1.807) is 0 Å². The van der Waals surface area contributed by atoms with E-state index < -0.39 is 16.2 Å². The molecule has 8 atom stereocenters. The van der Waals surface area contributed by atoms with Crippen LogP contribution in [0.4, 0.5) is 0 Å². The first-order valence-corrected chi connectivity index (χ1v) is 14.2. The number of nitrogens with one attached hydrogen (secondary N) is 1. The Morgan fingerprint density at radius 3 is 2.35 bits per heavy atom. The summed E-state index contributed by atoms with van der Waals surface area (Å²) in [6, 6.07) is -0.0716. The quantitative estimate of drug-likeness (QED) is 0.363. The van der Waals surface area contributed by atoms with Crippen LogP contribution >= 0.6 is 0 Å². The molecule has 202 valence electrons. The molecule has 0 aromatic rings. The molecule has 1 unspecified atom stereocenters. The molecule has 4 fully saturated rings. The third-order valence-electron chi connectivity index (χ3n) is 12.2. The molecular formula is C31H44N2O4. The molecule has 6 nitrogen and oxygen atoms in total. The zero-order valence-electron chi connectivity index (χ0n) is 23.7. The molecule has 4 aliphatic carbocycles. The monoisotopic (exact) mass is 508 g/mol. The van der Waals surface area contributed by atoms with Gasteiger partial charge in [-0.3, -0.25) is 9.59 Å². The molecule has 3 saturated carbocycles. The number of hydrogen-bond donors (Lipinski definition) is 1. The summed E-state index contributed by atoms with van der Waals surface area (Å²) in [7, 11) is 1.50. The second-order valence-corrected chi connectivity index (χ2v) is 14.8. The van der Waals surface area contributed by atoms with Crippen molar-refractivity contribution in [2.75, 3.05) is 7.11 Å². The van der Waals surface area contributed by atoms with Crippen LogP contribution in [0, 0.1) is 57.3 Å². The number of allylic oxidation sites excluding steroid dienone is 2. The topological polar surface area (TPSA) is 76.8 Å². The van der Waals surface area contributed by atoms with Crippen molar-refractivity contribution in [2.45, 2.75) is 99.0 Å². The second-order valence-electron chi connectivity index (χ2n) is 14.8.